The molecule has 1 atom stereocenters. The number of aliphatic hydroxyl groups excluding tert-OH is 1. The molecule has 1 aliphatic heterocycles. The lowest BCUT2D eigenvalue weighted by molar-refractivity contribution is 0.0523. The first-order valence-corrected chi connectivity index (χ1v) is 9.03. The maximum atomic E-state index is 12.5. The van der Waals surface area contributed by atoms with E-state index in [0.29, 0.717) is 17.9 Å². The highest BCUT2D eigenvalue weighted by Gasteiger charge is 2.27. The SMILES string of the molecule is CCOC(=O)c1cn2c(cc1=O)-c1cc(O)c(OCCO)cc1CC2CC. The van der Waals surface area contributed by atoms with Crippen molar-refractivity contribution in [3.63, 3.8) is 0 Å². The highest BCUT2D eigenvalue weighted by molar-refractivity contribution is 5.89. The molecular weight excluding hydrogens is 350 g/mol. The lowest BCUT2D eigenvalue weighted by Gasteiger charge is -2.30. The van der Waals surface area contributed by atoms with E-state index in [1.54, 1.807) is 25.3 Å². The fraction of sp³-hybridized carbons (Fsp3) is 0.400. The van der Waals surface area contributed by atoms with Crippen LogP contribution in [0.25, 0.3) is 11.3 Å². The van der Waals surface area contributed by atoms with Gasteiger partial charge in [0.05, 0.1) is 18.9 Å². The summed E-state index contributed by atoms with van der Waals surface area (Å²) < 4.78 is 12.3. The van der Waals surface area contributed by atoms with Crippen molar-refractivity contribution in [2.75, 3.05) is 19.8 Å². The minimum absolute atomic E-state index is 0.00891. The van der Waals surface area contributed by atoms with Gasteiger partial charge in [-0.05, 0) is 37.5 Å². The van der Waals surface area contributed by atoms with Gasteiger partial charge in [0.1, 0.15) is 12.2 Å². The van der Waals surface area contributed by atoms with Crippen LogP contribution in [0.1, 0.15) is 42.2 Å². The number of aromatic hydroxyl groups is 1. The molecule has 2 heterocycles. The Kier molecular flexibility index (Phi) is 5.51. The van der Waals surface area contributed by atoms with Crippen LogP contribution < -0.4 is 10.2 Å². The third kappa shape index (κ3) is 3.55. The van der Waals surface area contributed by atoms with Crippen LogP contribution in [0.3, 0.4) is 0 Å². The second-order valence-electron chi connectivity index (χ2n) is 6.38. The normalized spacial score (nSPS) is 15.0. The van der Waals surface area contributed by atoms with Crippen molar-refractivity contribution in [2.24, 2.45) is 0 Å². The van der Waals surface area contributed by atoms with Crippen LogP contribution in [-0.4, -0.2) is 40.6 Å². The Morgan fingerprint density at radius 1 is 1.30 bits per heavy atom. The molecule has 0 saturated heterocycles. The highest BCUT2D eigenvalue weighted by atomic mass is 16.5. The monoisotopic (exact) mass is 373 g/mol. The van der Waals surface area contributed by atoms with Crippen LogP contribution in [0.5, 0.6) is 11.5 Å². The molecule has 0 spiro atoms. The maximum absolute atomic E-state index is 12.5. The molecule has 2 aromatic rings. The van der Waals surface area contributed by atoms with E-state index >= 15 is 0 Å². The molecule has 1 aliphatic rings. The molecule has 0 radical (unpaired) electrons. The van der Waals surface area contributed by atoms with E-state index in [9.17, 15) is 14.7 Å². The Labute approximate surface area is 156 Å². The van der Waals surface area contributed by atoms with E-state index in [4.69, 9.17) is 14.6 Å². The zero-order chi connectivity index (χ0) is 19.6. The number of phenolic OH excluding ortho intramolecular Hbond substituents is 1. The summed E-state index contributed by atoms with van der Waals surface area (Å²) >= 11 is 0. The average molecular weight is 373 g/mol. The first kappa shape index (κ1) is 19.0. The van der Waals surface area contributed by atoms with Crippen LogP contribution in [0.2, 0.25) is 0 Å². The first-order chi connectivity index (χ1) is 13.0. The Morgan fingerprint density at radius 2 is 2.07 bits per heavy atom. The second-order valence-corrected chi connectivity index (χ2v) is 6.38. The van der Waals surface area contributed by atoms with E-state index in [1.165, 1.54) is 6.07 Å². The third-order valence-corrected chi connectivity index (χ3v) is 4.70. The van der Waals surface area contributed by atoms with Gasteiger partial charge in [-0.1, -0.05) is 6.92 Å². The van der Waals surface area contributed by atoms with Gasteiger partial charge in [-0.15, -0.1) is 0 Å². The largest absolute Gasteiger partial charge is 0.504 e. The molecule has 7 heteroatoms. The van der Waals surface area contributed by atoms with Crippen molar-refractivity contribution in [3.8, 4) is 22.8 Å². The van der Waals surface area contributed by atoms with Gasteiger partial charge in [0.2, 0.25) is 0 Å². The van der Waals surface area contributed by atoms with Crippen molar-refractivity contribution in [1.29, 1.82) is 0 Å². The number of hydrogen-bond donors (Lipinski definition) is 2. The molecular formula is C20H23NO6. The molecule has 0 aliphatic carbocycles. The summed E-state index contributed by atoms with van der Waals surface area (Å²) in [5.74, 6) is -0.392. The molecule has 144 valence electrons. The van der Waals surface area contributed by atoms with E-state index in [-0.39, 0.29) is 37.2 Å². The predicted molar refractivity (Wildman–Crippen MR) is 99.4 cm³/mol. The Bertz CT molecular complexity index is 917. The Morgan fingerprint density at radius 3 is 2.74 bits per heavy atom. The van der Waals surface area contributed by atoms with Gasteiger partial charge in [-0.3, -0.25) is 4.79 Å². The average Bonchev–Trinajstić information content (AvgIpc) is 2.65. The lowest BCUT2D eigenvalue weighted by Crippen LogP contribution is -2.26. The molecule has 0 fully saturated rings. The molecule has 0 amide bonds. The number of aromatic nitrogens is 1. The van der Waals surface area contributed by atoms with Crippen LogP contribution in [0.4, 0.5) is 0 Å². The summed E-state index contributed by atoms with van der Waals surface area (Å²) in [6, 6.07) is 4.77. The van der Waals surface area contributed by atoms with Crippen molar-refractivity contribution < 1.29 is 24.5 Å². The maximum Gasteiger partial charge on any atom is 0.343 e. The van der Waals surface area contributed by atoms with Crippen molar-refractivity contribution >= 4 is 5.97 Å². The summed E-state index contributed by atoms with van der Waals surface area (Å²) in [5, 5.41) is 19.2. The van der Waals surface area contributed by atoms with Crippen molar-refractivity contribution in [1.82, 2.24) is 4.57 Å². The summed E-state index contributed by atoms with van der Waals surface area (Å²) in [6.07, 6.45) is 3.02. The summed E-state index contributed by atoms with van der Waals surface area (Å²) in [7, 11) is 0. The number of carbonyl (C=O) groups excluding carboxylic acids is 1. The smallest absolute Gasteiger partial charge is 0.343 e. The number of phenols is 1. The number of rotatable bonds is 6. The summed E-state index contributed by atoms with van der Waals surface area (Å²) in [4.78, 5) is 24.6. The minimum Gasteiger partial charge on any atom is -0.504 e. The fourth-order valence-corrected chi connectivity index (χ4v) is 3.41. The van der Waals surface area contributed by atoms with Crippen LogP contribution in [0, 0.1) is 0 Å². The van der Waals surface area contributed by atoms with E-state index in [2.05, 4.69) is 0 Å². The number of benzene rings is 1. The lowest BCUT2D eigenvalue weighted by atomic mass is 9.90. The van der Waals surface area contributed by atoms with Crippen LogP contribution >= 0.6 is 0 Å². The van der Waals surface area contributed by atoms with Gasteiger partial charge >= 0.3 is 5.97 Å². The molecule has 27 heavy (non-hydrogen) atoms. The van der Waals surface area contributed by atoms with Gasteiger partial charge in [0, 0.05) is 23.9 Å². The summed E-state index contributed by atoms with van der Waals surface area (Å²) in [6.45, 7) is 3.86. The quantitative estimate of drug-likeness (QED) is 0.754. The number of aliphatic hydroxyl groups is 1. The minimum atomic E-state index is -0.631. The standard InChI is InChI=1S/C20H23NO6/c1-3-13-7-12-8-19(27-6-5-22)18(24)9-14(12)16-10-17(23)15(11-21(13)16)20(25)26-4-2/h8-11,13,22,24H,3-7H2,1-2H3. The second kappa shape index (κ2) is 7.84. The van der Waals surface area contributed by atoms with Gasteiger partial charge in [0.25, 0.3) is 0 Å². The molecule has 1 unspecified atom stereocenters. The van der Waals surface area contributed by atoms with E-state index in [1.807, 2.05) is 11.5 Å². The van der Waals surface area contributed by atoms with Crippen molar-refractivity contribution in [3.05, 3.63) is 45.7 Å². The van der Waals surface area contributed by atoms with E-state index < -0.39 is 11.4 Å². The number of hydrogen-bond acceptors (Lipinski definition) is 6. The van der Waals surface area contributed by atoms with E-state index in [0.717, 1.165) is 17.5 Å². The molecule has 1 aromatic carbocycles. The summed E-state index contributed by atoms with van der Waals surface area (Å²) in [5.41, 5.74) is 1.90. The molecule has 2 N–H and O–H groups in total. The number of carbonyl (C=O) groups is 1. The molecule has 3 rings (SSSR count). The zero-order valence-corrected chi connectivity index (χ0v) is 15.4. The number of nitrogens with zero attached hydrogens (tertiary/aromatic N) is 1. The van der Waals surface area contributed by atoms with Gasteiger partial charge in [-0.2, -0.15) is 0 Å². The van der Waals surface area contributed by atoms with Gasteiger partial charge in [-0.25, -0.2) is 4.79 Å². The topological polar surface area (TPSA) is 98.0 Å². The molecule has 0 saturated carbocycles. The molecule has 1 aromatic heterocycles. The fourth-order valence-electron chi connectivity index (χ4n) is 3.41. The molecule has 7 nitrogen and oxygen atoms in total. The Balaban J connectivity index is 2.13. The number of ether oxygens (including phenoxy) is 2. The number of pyridine rings is 1. The molecule has 0 bridgehead atoms. The van der Waals surface area contributed by atoms with Gasteiger partial charge < -0.3 is 24.3 Å². The van der Waals surface area contributed by atoms with Crippen LogP contribution in [0.15, 0.2) is 29.2 Å². The van der Waals surface area contributed by atoms with Crippen LogP contribution in [-0.2, 0) is 11.2 Å². The third-order valence-electron chi connectivity index (χ3n) is 4.70. The highest BCUT2D eigenvalue weighted by Crippen LogP contribution is 2.41. The predicted octanol–water partition coefficient (Wildman–Crippen LogP) is 2.28. The first-order valence-electron chi connectivity index (χ1n) is 9.03. The van der Waals surface area contributed by atoms with Crippen molar-refractivity contribution in [2.45, 2.75) is 32.7 Å². The zero-order valence-electron chi connectivity index (χ0n) is 15.4. The van der Waals surface area contributed by atoms with Gasteiger partial charge in [0.15, 0.2) is 16.9 Å². The number of fused-ring (bicyclic) bond motifs is 3. The number of esters is 1. The Hall–Kier alpha value is -2.80.